The van der Waals surface area contributed by atoms with E-state index in [2.05, 4.69) is 4.98 Å². The van der Waals surface area contributed by atoms with Crippen LogP contribution in [0.3, 0.4) is 0 Å². The summed E-state index contributed by atoms with van der Waals surface area (Å²) in [5.41, 5.74) is 2.12. The Bertz CT molecular complexity index is 772. The Kier molecular flexibility index (Phi) is 5.18. The quantitative estimate of drug-likeness (QED) is 0.826. The van der Waals surface area contributed by atoms with Gasteiger partial charge in [-0.05, 0) is 32.8 Å². The van der Waals surface area contributed by atoms with Gasteiger partial charge in [0.15, 0.2) is 0 Å². The van der Waals surface area contributed by atoms with Gasteiger partial charge in [0, 0.05) is 11.4 Å². The molecule has 1 aliphatic rings. The first-order valence-electron chi connectivity index (χ1n) is 8.51. The van der Waals surface area contributed by atoms with Gasteiger partial charge in [0.25, 0.3) is 0 Å². The maximum Gasteiger partial charge on any atom is 0.245 e. The van der Waals surface area contributed by atoms with E-state index in [0.717, 1.165) is 22.0 Å². The molecule has 1 aliphatic heterocycles. The monoisotopic (exact) mass is 357 g/mol. The second-order valence-corrected chi connectivity index (χ2v) is 7.72. The van der Waals surface area contributed by atoms with Crippen molar-refractivity contribution < 1.29 is 9.59 Å². The molecule has 0 radical (unpaired) electrons. The minimum Gasteiger partial charge on any atom is -0.331 e. The molecule has 2 heterocycles. The van der Waals surface area contributed by atoms with Crippen LogP contribution in [0.1, 0.15) is 28.1 Å². The highest BCUT2D eigenvalue weighted by atomic mass is 32.1. The van der Waals surface area contributed by atoms with E-state index in [0.29, 0.717) is 13.1 Å². The summed E-state index contributed by atoms with van der Waals surface area (Å²) in [6, 6.07) is 9.60. The molecule has 6 heteroatoms. The van der Waals surface area contributed by atoms with Crippen LogP contribution in [0.5, 0.6) is 0 Å². The highest BCUT2D eigenvalue weighted by Crippen LogP contribution is 2.23. The van der Waals surface area contributed by atoms with Crippen LogP contribution in [0, 0.1) is 13.8 Å². The molecule has 1 aromatic carbocycles. The largest absolute Gasteiger partial charge is 0.331 e. The predicted molar refractivity (Wildman–Crippen MR) is 98.3 cm³/mol. The van der Waals surface area contributed by atoms with Crippen molar-refractivity contribution in [3.63, 3.8) is 0 Å². The van der Waals surface area contributed by atoms with Gasteiger partial charge in [-0.25, -0.2) is 4.98 Å². The number of carbonyl (C=O) groups excluding carboxylic acids is 2. The maximum absolute atomic E-state index is 12.7. The second-order valence-electron chi connectivity index (χ2n) is 6.43. The fourth-order valence-corrected chi connectivity index (χ4v) is 4.08. The number of amides is 2. The van der Waals surface area contributed by atoms with E-state index in [1.807, 2.05) is 51.1 Å². The summed E-state index contributed by atoms with van der Waals surface area (Å²) in [7, 11) is 0. The molecule has 0 spiro atoms. The average molecular weight is 357 g/mol. The number of hydrogen-bond acceptors (Lipinski definition) is 4. The van der Waals surface area contributed by atoms with Gasteiger partial charge in [0.1, 0.15) is 6.04 Å². The normalized spacial score (nSPS) is 18.1. The molecule has 1 fully saturated rings. The van der Waals surface area contributed by atoms with Crippen LogP contribution < -0.4 is 0 Å². The lowest BCUT2D eigenvalue weighted by Gasteiger charge is -2.38. The van der Waals surface area contributed by atoms with E-state index in [1.54, 1.807) is 21.1 Å². The van der Waals surface area contributed by atoms with Crippen LogP contribution in [0.25, 0.3) is 0 Å². The zero-order chi connectivity index (χ0) is 18.0. The van der Waals surface area contributed by atoms with Gasteiger partial charge in [-0.1, -0.05) is 30.3 Å². The molecule has 0 bridgehead atoms. The number of thiazole rings is 1. The van der Waals surface area contributed by atoms with Crippen LogP contribution in [-0.4, -0.2) is 45.7 Å². The van der Waals surface area contributed by atoms with Crippen molar-refractivity contribution in [2.45, 2.75) is 39.8 Å². The molecular weight excluding hydrogens is 334 g/mol. The van der Waals surface area contributed by atoms with Gasteiger partial charge in [0.2, 0.25) is 11.8 Å². The molecule has 0 saturated carbocycles. The third-order valence-corrected chi connectivity index (χ3v) is 5.67. The molecule has 2 amide bonds. The topological polar surface area (TPSA) is 53.5 Å². The minimum absolute atomic E-state index is 0.00520. The lowest BCUT2D eigenvalue weighted by atomic mass is 10.1. The Hall–Kier alpha value is -2.21. The fourth-order valence-electron chi connectivity index (χ4n) is 3.14. The Labute approximate surface area is 152 Å². The summed E-state index contributed by atoms with van der Waals surface area (Å²) < 4.78 is 0. The van der Waals surface area contributed by atoms with Gasteiger partial charge in [-0.2, -0.15) is 0 Å². The molecule has 2 aromatic rings. The molecule has 1 aromatic heterocycles. The molecule has 132 valence electrons. The summed E-state index contributed by atoms with van der Waals surface area (Å²) in [5.74, 6) is 0.0278. The van der Waals surface area contributed by atoms with E-state index in [4.69, 9.17) is 0 Å². The van der Waals surface area contributed by atoms with E-state index < -0.39 is 6.04 Å². The zero-order valence-corrected chi connectivity index (χ0v) is 15.7. The first-order chi connectivity index (χ1) is 12.0. The first-order valence-corrected chi connectivity index (χ1v) is 9.32. The molecule has 1 saturated heterocycles. The molecule has 0 aliphatic carbocycles. The van der Waals surface area contributed by atoms with Gasteiger partial charge in [-0.15, -0.1) is 11.3 Å². The number of aryl methyl sites for hydroxylation is 2. The maximum atomic E-state index is 12.7. The summed E-state index contributed by atoms with van der Waals surface area (Å²) in [6.45, 7) is 6.93. The van der Waals surface area contributed by atoms with Crippen LogP contribution in [0.2, 0.25) is 0 Å². The first kappa shape index (κ1) is 17.6. The molecule has 1 atom stereocenters. The molecule has 0 N–H and O–H groups in total. The van der Waals surface area contributed by atoms with Crippen LogP contribution >= 0.6 is 11.3 Å². The number of benzene rings is 1. The van der Waals surface area contributed by atoms with Crippen molar-refractivity contribution in [3.05, 3.63) is 51.5 Å². The highest BCUT2D eigenvalue weighted by Gasteiger charge is 2.36. The van der Waals surface area contributed by atoms with Gasteiger partial charge in [-0.3, -0.25) is 9.59 Å². The fraction of sp³-hybridized carbons (Fsp3) is 0.421. The van der Waals surface area contributed by atoms with Crippen molar-refractivity contribution in [3.8, 4) is 0 Å². The van der Waals surface area contributed by atoms with Crippen molar-refractivity contribution >= 4 is 23.2 Å². The Morgan fingerprint density at radius 3 is 2.56 bits per heavy atom. The second kappa shape index (κ2) is 7.35. The zero-order valence-electron chi connectivity index (χ0n) is 14.9. The lowest BCUT2D eigenvalue weighted by Crippen LogP contribution is -2.58. The Balaban J connectivity index is 1.66. The highest BCUT2D eigenvalue weighted by molar-refractivity contribution is 7.11. The predicted octanol–water partition coefficient (Wildman–Crippen LogP) is 2.56. The van der Waals surface area contributed by atoms with Gasteiger partial charge < -0.3 is 9.80 Å². The van der Waals surface area contributed by atoms with Gasteiger partial charge in [0.05, 0.1) is 23.8 Å². The van der Waals surface area contributed by atoms with Crippen LogP contribution in [0.15, 0.2) is 30.3 Å². The van der Waals surface area contributed by atoms with Crippen LogP contribution in [-0.2, 0) is 22.6 Å². The summed E-state index contributed by atoms with van der Waals surface area (Å²) >= 11 is 1.59. The van der Waals surface area contributed by atoms with E-state index in [9.17, 15) is 9.59 Å². The van der Waals surface area contributed by atoms with E-state index >= 15 is 0 Å². The lowest BCUT2D eigenvalue weighted by molar-refractivity contribution is -0.155. The summed E-state index contributed by atoms with van der Waals surface area (Å²) in [5, 5.41) is 0.987. The standard InChI is InChI=1S/C19H23N3O2S/c1-13-17(25-15(3)20-13)11-22-14(2)19(24)21(12-18(22)23)10-9-16-7-5-4-6-8-16/h4-8,14H,9-12H2,1-3H3/t14-/m1/s1. The van der Waals surface area contributed by atoms with Crippen molar-refractivity contribution in [2.24, 2.45) is 0 Å². The van der Waals surface area contributed by atoms with Crippen LogP contribution in [0.4, 0.5) is 0 Å². The summed E-state index contributed by atoms with van der Waals surface area (Å²) in [4.78, 5) is 34.1. The third kappa shape index (κ3) is 3.90. The molecule has 0 unspecified atom stereocenters. The summed E-state index contributed by atoms with van der Waals surface area (Å²) in [6.07, 6.45) is 0.764. The number of hydrogen-bond donors (Lipinski definition) is 0. The van der Waals surface area contributed by atoms with Crippen molar-refractivity contribution in [1.82, 2.24) is 14.8 Å². The number of piperazine rings is 1. The molecule has 5 nitrogen and oxygen atoms in total. The van der Waals surface area contributed by atoms with Crippen molar-refractivity contribution in [2.75, 3.05) is 13.1 Å². The number of rotatable bonds is 5. The number of nitrogens with zero attached hydrogens (tertiary/aromatic N) is 3. The average Bonchev–Trinajstić information content (AvgIpc) is 2.92. The number of carbonyl (C=O) groups is 2. The minimum atomic E-state index is -0.432. The molecular formula is C19H23N3O2S. The SMILES string of the molecule is Cc1nc(C)c(CN2C(=O)CN(CCc3ccccc3)C(=O)[C@H]2C)s1. The van der Waals surface area contributed by atoms with Gasteiger partial charge >= 0.3 is 0 Å². The van der Waals surface area contributed by atoms with Crippen molar-refractivity contribution in [1.29, 1.82) is 0 Å². The van der Waals surface area contributed by atoms with E-state index in [-0.39, 0.29) is 18.4 Å². The Morgan fingerprint density at radius 1 is 1.20 bits per heavy atom. The Morgan fingerprint density at radius 2 is 1.92 bits per heavy atom. The molecule has 3 rings (SSSR count). The molecule has 25 heavy (non-hydrogen) atoms. The smallest absolute Gasteiger partial charge is 0.245 e. The number of aromatic nitrogens is 1. The third-order valence-electron chi connectivity index (χ3n) is 4.61. The van der Waals surface area contributed by atoms with E-state index in [1.165, 1.54) is 5.56 Å².